The number of carboxylic acids is 1. The van der Waals surface area contributed by atoms with Crippen LogP contribution in [0.1, 0.15) is 29.2 Å². The van der Waals surface area contributed by atoms with Crippen LogP contribution in [0.3, 0.4) is 0 Å². The van der Waals surface area contributed by atoms with Gasteiger partial charge in [-0.05, 0) is 30.2 Å². The summed E-state index contributed by atoms with van der Waals surface area (Å²) in [5.74, 6) is -1.51. The number of imide groups is 1. The van der Waals surface area contributed by atoms with E-state index in [0.717, 1.165) is 27.6 Å². The molecule has 1 saturated heterocycles. The van der Waals surface area contributed by atoms with E-state index >= 15 is 0 Å². The number of likely N-dealkylation sites (tertiary alicyclic amines) is 1. The van der Waals surface area contributed by atoms with Crippen molar-refractivity contribution in [3.8, 4) is 5.75 Å². The number of amides is 2. The number of carbonyl (C=O) groups excluding carboxylic acids is 2. The second-order valence-electron chi connectivity index (χ2n) is 9.17. The molecule has 3 heterocycles. The fourth-order valence-electron chi connectivity index (χ4n) is 6.78. The number of methoxy groups -OCH3 is 1. The molecule has 2 aliphatic carbocycles. The first-order valence-electron chi connectivity index (χ1n) is 11.0. The number of ether oxygens (including phenoxy) is 1. The Morgan fingerprint density at radius 2 is 1.91 bits per heavy atom. The average molecular weight is 487 g/mol. The van der Waals surface area contributed by atoms with Crippen molar-refractivity contribution in [3.63, 3.8) is 0 Å². The fraction of sp³-hybridized carbons (Fsp3) is 0.478. The second-order valence-corrected chi connectivity index (χ2v) is 11.4. The molecule has 1 aromatic heterocycles. The van der Waals surface area contributed by atoms with E-state index in [1.165, 1.54) is 16.2 Å². The van der Waals surface area contributed by atoms with Crippen LogP contribution in [0.25, 0.3) is 0 Å². The predicted molar refractivity (Wildman–Crippen MR) is 120 cm³/mol. The van der Waals surface area contributed by atoms with E-state index in [1.54, 1.807) is 18.9 Å². The summed E-state index contributed by atoms with van der Waals surface area (Å²) in [7, 11) is 1.63. The number of aromatic nitrogens is 1. The van der Waals surface area contributed by atoms with Gasteiger partial charge in [-0.15, -0.1) is 11.8 Å². The van der Waals surface area contributed by atoms with Gasteiger partial charge in [-0.2, -0.15) is 0 Å². The fourth-order valence-corrected chi connectivity index (χ4v) is 9.66. The van der Waals surface area contributed by atoms with Crippen molar-refractivity contribution in [1.29, 1.82) is 0 Å². The molecule has 6 rings (SSSR count). The normalized spacial score (nSPS) is 33.7. The van der Waals surface area contributed by atoms with Gasteiger partial charge in [0.1, 0.15) is 5.75 Å². The van der Waals surface area contributed by atoms with Crippen LogP contribution >= 0.6 is 23.1 Å². The highest BCUT2D eigenvalue weighted by atomic mass is 32.2. The molecule has 0 radical (unpaired) electrons. The Labute approximate surface area is 197 Å². The van der Waals surface area contributed by atoms with Gasteiger partial charge in [-0.3, -0.25) is 24.1 Å². The van der Waals surface area contributed by atoms with Crippen molar-refractivity contribution in [2.24, 2.45) is 29.6 Å². The van der Waals surface area contributed by atoms with Gasteiger partial charge >= 0.3 is 10.8 Å². The Hall–Kier alpha value is -2.59. The lowest BCUT2D eigenvalue weighted by atomic mass is 9.68. The number of rotatable bonds is 5. The van der Waals surface area contributed by atoms with Crippen molar-refractivity contribution in [2.45, 2.75) is 29.0 Å². The van der Waals surface area contributed by atoms with Gasteiger partial charge in [-0.25, -0.2) is 0 Å². The Kier molecular flexibility index (Phi) is 4.74. The Bertz CT molecular complexity index is 1240. The number of aromatic amines is 1. The number of para-hydroxylation sites is 1. The first-order chi connectivity index (χ1) is 15.9. The average Bonchev–Trinajstić information content (AvgIpc) is 3.51. The zero-order valence-electron chi connectivity index (χ0n) is 17.7. The summed E-state index contributed by atoms with van der Waals surface area (Å²) >= 11 is 2.85. The topological polar surface area (TPSA) is 117 Å². The van der Waals surface area contributed by atoms with Crippen molar-refractivity contribution in [3.05, 3.63) is 44.4 Å². The predicted octanol–water partition coefficient (Wildman–Crippen LogP) is 2.39. The number of hydrogen-bond donors (Lipinski definition) is 2. The highest BCUT2D eigenvalue weighted by Crippen LogP contribution is 2.68. The molecule has 2 aromatic rings. The van der Waals surface area contributed by atoms with E-state index < -0.39 is 17.8 Å². The molecule has 0 spiro atoms. The number of carbonyl (C=O) groups is 3. The van der Waals surface area contributed by atoms with Crippen molar-refractivity contribution >= 4 is 40.9 Å². The Morgan fingerprint density at radius 3 is 2.64 bits per heavy atom. The van der Waals surface area contributed by atoms with E-state index in [-0.39, 0.29) is 58.6 Å². The van der Waals surface area contributed by atoms with E-state index in [0.29, 0.717) is 0 Å². The molecule has 33 heavy (non-hydrogen) atoms. The maximum Gasteiger partial charge on any atom is 0.305 e. The zero-order valence-corrected chi connectivity index (χ0v) is 19.4. The summed E-state index contributed by atoms with van der Waals surface area (Å²) in [4.78, 5) is 54.9. The summed E-state index contributed by atoms with van der Waals surface area (Å²) in [6, 6.07) is 7.80. The number of fused-ring (bicyclic) bond motifs is 9. The second kappa shape index (κ2) is 7.46. The third-order valence-electron chi connectivity index (χ3n) is 7.84. The van der Waals surface area contributed by atoms with Crippen molar-refractivity contribution < 1.29 is 24.2 Å². The lowest BCUT2D eigenvalue weighted by Crippen LogP contribution is -2.42. The molecule has 2 N–H and O–H groups in total. The van der Waals surface area contributed by atoms with E-state index in [9.17, 15) is 19.2 Å². The first-order valence-corrected chi connectivity index (χ1v) is 12.7. The van der Waals surface area contributed by atoms with Gasteiger partial charge in [0, 0.05) is 28.2 Å². The summed E-state index contributed by atoms with van der Waals surface area (Å²) in [6.45, 7) is -0.0709. The number of thioether (sulfide) groups is 1. The number of hydrogen-bond acceptors (Lipinski definition) is 7. The van der Waals surface area contributed by atoms with Gasteiger partial charge in [0.15, 0.2) is 0 Å². The molecule has 1 aromatic carbocycles. The van der Waals surface area contributed by atoms with E-state index in [1.807, 2.05) is 24.3 Å². The number of aliphatic carboxylic acids is 1. The van der Waals surface area contributed by atoms with Crippen LogP contribution in [-0.4, -0.2) is 51.7 Å². The van der Waals surface area contributed by atoms with Gasteiger partial charge < -0.3 is 14.8 Å². The molecule has 8 nitrogen and oxygen atoms in total. The summed E-state index contributed by atoms with van der Waals surface area (Å²) in [5, 5.41) is 10.0. The lowest BCUT2D eigenvalue weighted by molar-refractivity contribution is -0.142. The van der Waals surface area contributed by atoms with Gasteiger partial charge in [0.25, 0.3) is 0 Å². The first kappa shape index (κ1) is 21.0. The highest BCUT2D eigenvalue weighted by molar-refractivity contribution is 8.00. The lowest BCUT2D eigenvalue weighted by Gasteiger charge is -2.43. The SMILES string of the molecule is COc1ccccc1[C@H]1c2sc(=O)[nH]c2S[C@@H]2[C@H]3C[C@@H]([C@@H]4C(=O)N(CCC(=O)O)C(=O)[C@H]34)[C@@H]12. The standard InChI is InChI=1S/C23H22N2O6S2/c1-31-12-5-3-2-4-9(12)14-15-10-8-11(18(15)32-20-19(14)33-23(30)24-20)17-16(10)21(28)25(22(17)29)7-6-13(26)27/h2-5,10-11,14-18H,6-8H2,1H3,(H,24,30)(H,26,27)/t10-,11+,14-,15+,16+,17-,18-/m1/s1. The maximum absolute atomic E-state index is 13.3. The van der Waals surface area contributed by atoms with Crippen LogP contribution in [0.4, 0.5) is 0 Å². The minimum absolute atomic E-state index is 0.00374. The van der Waals surface area contributed by atoms with E-state index in [4.69, 9.17) is 9.84 Å². The quantitative estimate of drug-likeness (QED) is 0.623. The molecule has 2 aliphatic heterocycles. The number of H-pyrrole nitrogens is 1. The molecule has 0 unspecified atom stereocenters. The number of benzene rings is 1. The number of carboxylic acid groups (broad SMARTS) is 1. The Balaban J connectivity index is 1.43. The van der Waals surface area contributed by atoms with Crippen LogP contribution < -0.4 is 9.61 Å². The summed E-state index contributed by atoms with van der Waals surface area (Å²) in [5.41, 5.74) is 0.996. The van der Waals surface area contributed by atoms with E-state index in [2.05, 4.69) is 4.98 Å². The van der Waals surface area contributed by atoms with Gasteiger partial charge in [-0.1, -0.05) is 29.5 Å². The summed E-state index contributed by atoms with van der Waals surface area (Å²) < 4.78 is 5.67. The third-order valence-corrected chi connectivity index (χ3v) is 10.4. The zero-order chi connectivity index (χ0) is 23.0. The molecule has 10 heteroatoms. The summed E-state index contributed by atoms with van der Waals surface area (Å²) in [6.07, 6.45) is 0.558. The molecular weight excluding hydrogens is 464 g/mol. The smallest absolute Gasteiger partial charge is 0.305 e. The van der Waals surface area contributed by atoms with Crippen LogP contribution in [0.2, 0.25) is 0 Å². The van der Waals surface area contributed by atoms with Crippen LogP contribution in [-0.2, 0) is 14.4 Å². The number of thiazole rings is 1. The minimum atomic E-state index is -1.02. The molecule has 2 bridgehead atoms. The van der Waals surface area contributed by atoms with Crippen LogP contribution in [0.5, 0.6) is 5.75 Å². The molecule has 172 valence electrons. The van der Waals surface area contributed by atoms with Gasteiger partial charge in [0.05, 0.1) is 30.4 Å². The molecule has 2 amide bonds. The van der Waals surface area contributed by atoms with Gasteiger partial charge in [0.2, 0.25) is 11.8 Å². The largest absolute Gasteiger partial charge is 0.496 e. The molecule has 7 atom stereocenters. The highest BCUT2D eigenvalue weighted by Gasteiger charge is 2.69. The third kappa shape index (κ3) is 2.89. The van der Waals surface area contributed by atoms with Crippen LogP contribution in [0, 0.1) is 29.6 Å². The molecule has 4 aliphatic rings. The molecular formula is C23H22N2O6S2. The number of nitrogens with one attached hydrogen (secondary N) is 1. The number of nitrogens with zero attached hydrogens (tertiary/aromatic N) is 1. The monoisotopic (exact) mass is 486 g/mol. The van der Waals surface area contributed by atoms with Crippen molar-refractivity contribution in [1.82, 2.24) is 9.88 Å². The molecule has 3 fully saturated rings. The Morgan fingerprint density at radius 1 is 1.18 bits per heavy atom. The minimum Gasteiger partial charge on any atom is -0.496 e. The van der Waals surface area contributed by atoms with Crippen molar-refractivity contribution in [2.75, 3.05) is 13.7 Å². The molecule has 2 saturated carbocycles. The maximum atomic E-state index is 13.3. The van der Waals surface area contributed by atoms with Crippen LogP contribution in [0.15, 0.2) is 34.1 Å².